The number of hydrogen-bond donors (Lipinski definition) is 0. The minimum atomic E-state index is -0.152. The first-order valence-corrected chi connectivity index (χ1v) is 6.11. The maximum Gasteiger partial charge on any atom is 0.0994 e. The van der Waals surface area contributed by atoms with E-state index >= 15 is 0 Å². The quantitative estimate of drug-likeness (QED) is 0.687. The third kappa shape index (κ3) is 2.54. The molecule has 0 unspecified atom stereocenters. The Kier molecular flexibility index (Phi) is 3.54. The van der Waals surface area contributed by atoms with Crippen LogP contribution in [0.15, 0.2) is 12.1 Å². The van der Waals surface area contributed by atoms with E-state index in [0.717, 1.165) is 11.1 Å². The van der Waals surface area contributed by atoms with Gasteiger partial charge < -0.3 is 0 Å². The van der Waals surface area contributed by atoms with Crippen LogP contribution >= 0.6 is 0 Å². The summed E-state index contributed by atoms with van der Waals surface area (Å²) < 4.78 is 0. The SMILES string of the molecule is CC(C)(C)c1c(C#N)ccc(C#N)c1C(C)(C)C. The van der Waals surface area contributed by atoms with Crippen molar-refractivity contribution in [1.29, 1.82) is 10.5 Å². The highest BCUT2D eigenvalue weighted by molar-refractivity contribution is 5.56. The number of nitriles is 2. The van der Waals surface area contributed by atoms with Gasteiger partial charge in [0.1, 0.15) is 0 Å². The summed E-state index contributed by atoms with van der Waals surface area (Å²) in [7, 11) is 0. The Labute approximate surface area is 110 Å². The second kappa shape index (κ2) is 4.46. The molecule has 0 N–H and O–H groups in total. The minimum Gasteiger partial charge on any atom is -0.192 e. The van der Waals surface area contributed by atoms with Crippen molar-refractivity contribution in [3.8, 4) is 12.1 Å². The molecule has 0 aromatic heterocycles. The highest BCUT2D eigenvalue weighted by Crippen LogP contribution is 2.38. The van der Waals surface area contributed by atoms with Crippen LogP contribution in [0.25, 0.3) is 0 Å². The monoisotopic (exact) mass is 240 g/mol. The molecule has 0 radical (unpaired) electrons. The first kappa shape index (κ1) is 14.3. The third-order valence-electron chi connectivity index (χ3n) is 2.95. The van der Waals surface area contributed by atoms with Gasteiger partial charge >= 0.3 is 0 Å². The summed E-state index contributed by atoms with van der Waals surface area (Å²) in [6, 6.07) is 8.03. The number of nitrogens with zero attached hydrogens (tertiary/aromatic N) is 2. The fourth-order valence-electron chi connectivity index (χ4n) is 2.35. The Morgan fingerprint density at radius 2 is 1.00 bits per heavy atom. The molecular weight excluding hydrogens is 220 g/mol. The van der Waals surface area contributed by atoms with E-state index in [-0.39, 0.29) is 10.8 Å². The molecular formula is C16H20N2. The van der Waals surface area contributed by atoms with Crippen LogP contribution < -0.4 is 0 Å². The van der Waals surface area contributed by atoms with Crippen molar-refractivity contribution in [3.63, 3.8) is 0 Å². The Hall–Kier alpha value is -1.80. The van der Waals surface area contributed by atoms with E-state index in [1.165, 1.54) is 0 Å². The molecule has 1 aromatic rings. The van der Waals surface area contributed by atoms with Gasteiger partial charge in [-0.15, -0.1) is 0 Å². The van der Waals surface area contributed by atoms with Gasteiger partial charge in [-0.2, -0.15) is 10.5 Å². The van der Waals surface area contributed by atoms with Crippen molar-refractivity contribution in [2.24, 2.45) is 0 Å². The van der Waals surface area contributed by atoms with Gasteiger partial charge in [-0.05, 0) is 34.1 Å². The van der Waals surface area contributed by atoms with Crippen LogP contribution in [0.1, 0.15) is 63.8 Å². The first-order valence-electron chi connectivity index (χ1n) is 6.11. The molecule has 94 valence electrons. The summed E-state index contributed by atoms with van der Waals surface area (Å²) in [4.78, 5) is 0. The van der Waals surface area contributed by atoms with E-state index in [1.807, 2.05) is 0 Å². The highest BCUT2D eigenvalue weighted by atomic mass is 14.4. The molecule has 1 aromatic carbocycles. The Morgan fingerprint density at radius 1 is 0.722 bits per heavy atom. The van der Waals surface area contributed by atoms with Crippen molar-refractivity contribution in [3.05, 3.63) is 34.4 Å². The average Bonchev–Trinajstić information content (AvgIpc) is 2.24. The normalized spacial score (nSPS) is 11.8. The molecule has 0 fully saturated rings. The number of rotatable bonds is 0. The standard InChI is InChI=1S/C16H20N2/c1-15(2,3)13-11(9-17)7-8-12(10-18)14(13)16(4,5)6/h7-8H,1-6H3. The minimum absolute atomic E-state index is 0.152. The number of benzene rings is 1. The summed E-state index contributed by atoms with van der Waals surface area (Å²) in [5.41, 5.74) is 3.03. The molecule has 0 bridgehead atoms. The Morgan fingerprint density at radius 3 is 1.17 bits per heavy atom. The van der Waals surface area contributed by atoms with Gasteiger partial charge in [0, 0.05) is 0 Å². The van der Waals surface area contributed by atoms with E-state index in [0.29, 0.717) is 11.1 Å². The van der Waals surface area contributed by atoms with Crippen LogP contribution in [0, 0.1) is 22.7 Å². The summed E-state index contributed by atoms with van der Waals surface area (Å²) in [6.07, 6.45) is 0. The molecule has 0 saturated heterocycles. The molecule has 2 nitrogen and oxygen atoms in total. The Balaban J connectivity index is 3.86. The van der Waals surface area contributed by atoms with Crippen LogP contribution in [0.3, 0.4) is 0 Å². The number of hydrogen-bond acceptors (Lipinski definition) is 2. The van der Waals surface area contributed by atoms with E-state index < -0.39 is 0 Å². The molecule has 2 heteroatoms. The van der Waals surface area contributed by atoms with Gasteiger partial charge in [0.15, 0.2) is 0 Å². The predicted octanol–water partition coefficient (Wildman–Crippen LogP) is 4.02. The summed E-state index contributed by atoms with van der Waals surface area (Å²) in [5, 5.41) is 18.6. The third-order valence-corrected chi connectivity index (χ3v) is 2.95. The zero-order valence-corrected chi connectivity index (χ0v) is 12.0. The Bertz CT molecular complexity index is 490. The fourth-order valence-corrected chi connectivity index (χ4v) is 2.35. The first-order chi connectivity index (χ1) is 8.12. The lowest BCUT2D eigenvalue weighted by molar-refractivity contribution is 0.528. The highest BCUT2D eigenvalue weighted by Gasteiger charge is 2.30. The van der Waals surface area contributed by atoms with Crippen molar-refractivity contribution in [1.82, 2.24) is 0 Å². The zero-order valence-electron chi connectivity index (χ0n) is 12.0. The van der Waals surface area contributed by atoms with E-state index in [2.05, 4.69) is 53.7 Å². The van der Waals surface area contributed by atoms with Crippen molar-refractivity contribution in [2.75, 3.05) is 0 Å². The molecule has 0 aliphatic carbocycles. The molecule has 0 amide bonds. The molecule has 0 saturated carbocycles. The molecule has 0 aliphatic heterocycles. The molecule has 18 heavy (non-hydrogen) atoms. The lowest BCUT2D eigenvalue weighted by Gasteiger charge is -2.31. The van der Waals surface area contributed by atoms with Crippen LogP contribution in [0.2, 0.25) is 0 Å². The van der Waals surface area contributed by atoms with Crippen LogP contribution in [-0.2, 0) is 10.8 Å². The van der Waals surface area contributed by atoms with E-state index in [4.69, 9.17) is 0 Å². The molecule has 0 atom stereocenters. The lowest BCUT2D eigenvalue weighted by atomic mass is 9.71. The van der Waals surface area contributed by atoms with Crippen molar-refractivity contribution >= 4 is 0 Å². The largest absolute Gasteiger partial charge is 0.192 e. The van der Waals surface area contributed by atoms with Crippen LogP contribution in [-0.4, -0.2) is 0 Å². The van der Waals surface area contributed by atoms with Gasteiger partial charge in [-0.1, -0.05) is 41.5 Å². The van der Waals surface area contributed by atoms with Gasteiger partial charge in [-0.25, -0.2) is 0 Å². The summed E-state index contributed by atoms with van der Waals surface area (Å²) in [6.45, 7) is 12.5. The zero-order chi connectivity index (χ0) is 14.1. The fraction of sp³-hybridized carbons (Fsp3) is 0.500. The van der Waals surface area contributed by atoms with Gasteiger partial charge in [0.25, 0.3) is 0 Å². The second-order valence-corrected chi connectivity index (χ2v) is 6.63. The molecule has 0 heterocycles. The van der Waals surface area contributed by atoms with Crippen LogP contribution in [0.5, 0.6) is 0 Å². The maximum atomic E-state index is 9.30. The maximum absolute atomic E-state index is 9.30. The molecule has 1 rings (SSSR count). The van der Waals surface area contributed by atoms with E-state index in [9.17, 15) is 10.5 Å². The lowest BCUT2D eigenvalue weighted by Crippen LogP contribution is -2.25. The summed E-state index contributed by atoms with van der Waals surface area (Å²) >= 11 is 0. The topological polar surface area (TPSA) is 47.6 Å². The van der Waals surface area contributed by atoms with Crippen molar-refractivity contribution < 1.29 is 0 Å². The van der Waals surface area contributed by atoms with Gasteiger partial charge in [-0.3, -0.25) is 0 Å². The second-order valence-electron chi connectivity index (χ2n) is 6.63. The van der Waals surface area contributed by atoms with E-state index in [1.54, 1.807) is 12.1 Å². The summed E-state index contributed by atoms with van der Waals surface area (Å²) in [5.74, 6) is 0. The smallest absolute Gasteiger partial charge is 0.0994 e. The average molecular weight is 240 g/mol. The molecule has 0 spiro atoms. The van der Waals surface area contributed by atoms with Gasteiger partial charge in [0.05, 0.1) is 23.3 Å². The molecule has 0 aliphatic rings. The van der Waals surface area contributed by atoms with Gasteiger partial charge in [0.2, 0.25) is 0 Å². The predicted molar refractivity (Wildman–Crippen MR) is 73.3 cm³/mol. The van der Waals surface area contributed by atoms with Crippen LogP contribution in [0.4, 0.5) is 0 Å². The van der Waals surface area contributed by atoms with Crippen molar-refractivity contribution in [2.45, 2.75) is 52.4 Å².